The number of nitrogens with one attached hydrogen (secondary N) is 1. The first-order valence-electron chi connectivity index (χ1n) is 12.1. The number of hydrogen-bond donors (Lipinski definition) is 1. The van der Waals surface area contributed by atoms with Crippen molar-refractivity contribution >= 4 is 17.6 Å². The Morgan fingerprint density at radius 3 is 2.15 bits per heavy atom. The fourth-order valence-electron chi connectivity index (χ4n) is 5.53. The Morgan fingerprint density at radius 1 is 0.824 bits per heavy atom. The zero-order valence-corrected chi connectivity index (χ0v) is 19.2. The largest absolute Gasteiger partial charge is 0.449 e. The molecule has 1 saturated heterocycles. The summed E-state index contributed by atoms with van der Waals surface area (Å²) in [5, 5.41) is 2.80. The number of fused-ring (bicyclic) bond motifs is 2. The van der Waals surface area contributed by atoms with E-state index >= 15 is 0 Å². The van der Waals surface area contributed by atoms with Gasteiger partial charge in [-0.15, -0.1) is 0 Å². The summed E-state index contributed by atoms with van der Waals surface area (Å²) in [5.41, 5.74) is 2.87. The number of piperidine rings is 1. The van der Waals surface area contributed by atoms with Gasteiger partial charge >= 0.3 is 6.09 Å². The molecule has 2 unspecified atom stereocenters. The quantitative estimate of drug-likeness (QED) is 0.471. The predicted octanol–water partition coefficient (Wildman–Crippen LogP) is 5.62. The zero-order chi connectivity index (χ0) is 23.3. The highest BCUT2D eigenvalue weighted by atomic mass is 16.5. The molecule has 1 N–H and O–H groups in total. The van der Waals surface area contributed by atoms with Crippen molar-refractivity contribution in [3.05, 3.63) is 102 Å². The molecule has 2 aliphatic rings. The molecule has 3 aromatic carbocycles. The van der Waals surface area contributed by atoms with Gasteiger partial charge in [-0.25, -0.2) is 4.79 Å². The van der Waals surface area contributed by atoms with Gasteiger partial charge in [0.2, 0.25) is 0 Å². The number of hydrogen-bond acceptors (Lipinski definition) is 4. The van der Waals surface area contributed by atoms with Gasteiger partial charge in [0, 0.05) is 36.7 Å². The summed E-state index contributed by atoms with van der Waals surface area (Å²) in [5.74, 6) is 1.39. The minimum absolute atomic E-state index is 0.125. The van der Waals surface area contributed by atoms with Crippen LogP contribution in [0, 0.1) is 17.8 Å². The van der Waals surface area contributed by atoms with E-state index in [-0.39, 0.29) is 5.78 Å². The van der Waals surface area contributed by atoms with Gasteiger partial charge in [-0.05, 0) is 42.4 Å². The lowest BCUT2D eigenvalue weighted by molar-refractivity contribution is 0.0528. The van der Waals surface area contributed by atoms with Crippen molar-refractivity contribution in [3.63, 3.8) is 0 Å². The van der Waals surface area contributed by atoms with Crippen molar-refractivity contribution in [1.29, 1.82) is 0 Å². The van der Waals surface area contributed by atoms with Crippen LogP contribution >= 0.6 is 0 Å². The predicted molar refractivity (Wildman–Crippen MR) is 133 cm³/mol. The molecule has 174 valence electrons. The molecule has 0 radical (unpaired) electrons. The van der Waals surface area contributed by atoms with E-state index in [1.807, 2.05) is 18.2 Å². The first kappa shape index (κ1) is 22.4. The first-order valence-corrected chi connectivity index (χ1v) is 12.1. The summed E-state index contributed by atoms with van der Waals surface area (Å²) >= 11 is 0. The number of para-hydroxylation sites is 1. The number of anilines is 1. The molecular weight excluding hydrogens is 424 g/mol. The Labute approximate surface area is 200 Å². The Kier molecular flexibility index (Phi) is 6.72. The molecule has 5 heteroatoms. The molecule has 1 aliphatic heterocycles. The minimum Gasteiger partial charge on any atom is -0.449 e. The van der Waals surface area contributed by atoms with Gasteiger partial charge in [0.25, 0.3) is 0 Å². The van der Waals surface area contributed by atoms with Crippen LogP contribution in [0.25, 0.3) is 0 Å². The number of carbonyl (C=O) groups is 2. The van der Waals surface area contributed by atoms with Crippen LogP contribution in [0.5, 0.6) is 0 Å². The molecule has 0 aromatic heterocycles. The highest BCUT2D eigenvalue weighted by molar-refractivity contribution is 6.13. The number of ketones is 1. The summed E-state index contributed by atoms with van der Waals surface area (Å²) in [7, 11) is 0. The number of likely N-dealkylation sites (tertiary alicyclic amines) is 1. The maximum atomic E-state index is 12.9. The maximum Gasteiger partial charge on any atom is 0.411 e. The Balaban J connectivity index is 1.17. The van der Waals surface area contributed by atoms with E-state index in [0.29, 0.717) is 41.2 Å². The second-order valence-electron chi connectivity index (χ2n) is 9.41. The lowest BCUT2D eigenvalue weighted by Crippen LogP contribution is -2.43. The van der Waals surface area contributed by atoms with E-state index in [2.05, 4.69) is 40.5 Å². The van der Waals surface area contributed by atoms with Gasteiger partial charge in [-0.3, -0.25) is 15.0 Å². The van der Waals surface area contributed by atoms with Gasteiger partial charge in [0.15, 0.2) is 5.78 Å². The number of benzene rings is 3. The third-order valence-electron chi connectivity index (χ3n) is 7.20. The third-order valence-corrected chi connectivity index (χ3v) is 7.20. The lowest BCUT2D eigenvalue weighted by Gasteiger charge is -2.37. The number of carbonyl (C=O) groups excluding carboxylic acids is 2. The molecule has 34 heavy (non-hydrogen) atoms. The van der Waals surface area contributed by atoms with Gasteiger partial charge in [0.05, 0.1) is 12.3 Å². The average molecular weight is 455 g/mol. The molecule has 0 spiro atoms. The standard InChI is InChI=1S/C29H30N2O3/c32-28(22-11-5-2-6-12-22)25-13-7-8-14-27(25)30-29(33)34-20-26-23-15-16-24(26)19-31(18-23)17-21-9-3-1-4-10-21/h1-14,23-24,26H,15-20H2,(H,30,33). The van der Waals surface area contributed by atoms with Crippen molar-refractivity contribution in [1.82, 2.24) is 4.90 Å². The van der Waals surface area contributed by atoms with E-state index in [0.717, 1.165) is 19.6 Å². The highest BCUT2D eigenvalue weighted by Gasteiger charge is 2.42. The molecule has 1 amide bonds. The first-order chi connectivity index (χ1) is 16.7. The van der Waals surface area contributed by atoms with Crippen LogP contribution in [-0.4, -0.2) is 36.5 Å². The van der Waals surface area contributed by atoms with Crippen LogP contribution in [0.3, 0.4) is 0 Å². The van der Waals surface area contributed by atoms with E-state index in [1.165, 1.54) is 18.4 Å². The molecule has 5 nitrogen and oxygen atoms in total. The van der Waals surface area contributed by atoms with Gasteiger partial charge in [0.1, 0.15) is 0 Å². The Morgan fingerprint density at radius 2 is 1.44 bits per heavy atom. The van der Waals surface area contributed by atoms with Gasteiger partial charge < -0.3 is 4.74 Å². The van der Waals surface area contributed by atoms with Gasteiger partial charge in [-0.2, -0.15) is 0 Å². The van der Waals surface area contributed by atoms with Crippen molar-refractivity contribution in [2.24, 2.45) is 17.8 Å². The topological polar surface area (TPSA) is 58.6 Å². The summed E-state index contributed by atoms with van der Waals surface area (Å²) < 4.78 is 5.68. The van der Waals surface area contributed by atoms with E-state index in [9.17, 15) is 9.59 Å². The molecular formula is C29H30N2O3. The molecule has 1 aliphatic carbocycles. The molecule has 5 rings (SSSR count). The number of rotatable bonds is 7. The fourth-order valence-corrected chi connectivity index (χ4v) is 5.53. The SMILES string of the molecule is O=C(Nc1ccccc1C(=O)c1ccccc1)OCC1C2CCC1CN(Cc1ccccc1)C2. The summed E-state index contributed by atoms with van der Waals surface area (Å²) in [6.45, 7) is 3.51. The van der Waals surface area contributed by atoms with Crippen LogP contribution in [0.4, 0.5) is 10.5 Å². The monoisotopic (exact) mass is 454 g/mol. The Bertz CT molecular complexity index is 1120. The molecule has 2 fully saturated rings. The highest BCUT2D eigenvalue weighted by Crippen LogP contribution is 2.42. The summed E-state index contributed by atoms with van der Waals surface area (Å²) in [4.78, 5) is 28.1. The van der Waals surface area contributed by atoms with E-state index < -0.39 is 6.09 Å². The van der Waals surface area contributed by atoms with Gasteiger partial charge in [-0.1, -0.05) is 72.8 Å². The molecule has 3 aromatic rings. The van der Waals surface area contributed by atoms with Crippen molar-refractivity contribution in [2.45, 2.75) is 19.4 Å². The van der Waals surface area contributed by atoms with E-state index in [1.54, 1.807) is 36.4 Å². The average Bonchev–Trinajstić information content (AvgIpc) is 3.11. The van der Waals surface area contributed by atoms with Crippen molar-refractivity contribution in [3.8, 4) is 0 Å². The zero-order valence-electron chi connectivity index (χ0n) is 19.2. The molecule has 2 atom stereocenters. The fraction of sp³-hybridized carbons (Fsp3) is 0.310. The second-order valence-corrected chi connectivity index (χ2v) is 9.41. The van der Waals surface area contributed by atoms with Crippen LogP contribution < -0.4 is 5.32 Å². The summed E-state index contributed by atoms with van der Waals surface area (Å²) in [6.07, 6.45) is 1.89. The molecule has 1 heterocycles. The number of ether oxygens (including phenoxy) is 1. The molecule has 2 bridgehead atoms. The minimum atomic E-state index is -0.501. The number of nitrogens with zero attached hydrogens (tertiary/aromatic N) is 1. The van der Waals surface area contributed by atoms with Crippen LogP contribution in [0.1, 0.15) is 34.3 Å². The number of amides is 1. The van der Waals surface area contributed by atoms with Crippen LogP contribution in [-0.2, 0) is 11.3 Å². The van der Waals surface area contributed by atoms with E-state index in [4.69, 9.17) is 4.74 Å². The van der Waals surface area contributed by atoms with Crippen molar-refractivity contribution < 1.29 is 14.3 Å². The van der Waals surface area contributed by atoms with Crippen LogP contribution in [0.15, 0.2) is 84.9 Å². The second kappa shape index (κ2) is 10.2. The normalized spacial score (nSPS) is 21.7. The Hall–Kier alpha value is -3.44. The van der Waals surface area contributed by atoms with Crippen molar-refractivity contribution in [2.75, 3.05) is 25.0 Å². The third kappa shape index (κ3) is 5.05. The van der Waals surface area contributed by atoms with Crippen LogP contribution in [0.2, 0.25) is 0 Å². The molecule has 1 saturated carbocycles. The lowest BCUT2D eigenvalue weighted by atomic mass is 9.85. The summed E-state index contributed by atoms with van der Waals surface area (Å²) in [6, 6.07) is 26.8. The maximum absolute atomic E-state index is 12.9. The smallest absolute Gasteiger partial charge is 0.411 e.